The molecule has 0 unspecified atom stereocenters. The summed E-state index contributed by atoms with van der Waals surface area (Å²) in [6.07, 6.45) is 11.3. The van der Waals surface area contributed by atoms with Crippen molar-refractivity contribution in [2.75, 3.05) is 67.7 Å². The number of amides is 6. The summed E-state index contributed by atoms with van der Waals surface area (Å²) in [5.74, 6) is 4.68. The molecule has 2 aliphatic rings. The standard InChI is InChI=1S/C36H48N4O4.C35H46N4O5/c1-5-9-22-40-23-20-33(21-24-40)43-31-15-10-27(11-16-31)35(41)37-29-12-17-32(18-13-29)44-34-19-14-30(25-26(34)6-2)39-36(42)38-28(7-3)8-4;1-6-27(7-2)37-35(41)38-29-12-17-32(33(22-29)42-5)44-31-15-10-28(11-16-31)36-34(40)26-8-13-30(14-9-26)43-23-25-18-20-39(21-19-25)24(3)4/h10-19,25,28,33H,5-9,20-24H2,1-4H3,(H,37,41)(H2,38,39,42);8-17,22,24-25,27H,6-7,18-21,23H2,1-5H3,(H,36,40)(H2,37,38,41). The van der Waals surface area contributed by atoms with Gasteiger partial charge >= 0.3 is 12.1 Å². The first-order valence-electron chi connectivity index (χ1n) is 31.8. The van der Waals surface area contributed by atoms with Gasteiger partial charge in [-0.05, 0) is 237 Å². The highest BCUT2D eigenvalue weighted by atomic mass is 16.5. The Morgan fingerprint density at radius 2 is 0.977 bits per heavy atom. The third kappa shape index (κ3) is 21.3. The minimum absolute atomic E-state index is 0.125. The van der Waals surface area contributed by atoms with Gasteiger partial charge in [0.2, 0.25) is 0 Å². The van der Waals surface area contributed by atoms with Crippen LogP contribution in [0.3, 0.4) is 0 Å². The van der Waals surface area contributed by atoms with Crippen LogP contribution in [0.4, 0.5) is 32.3 Å². The highest BCUT2D eigenvalue weighted by molar-refractivity contribution is 6.05. The predicted octanol–water partition coefficient (Wildman–Crippen LogP) is 15.8. The number of carbonyl (C=O) groups excluding carboxylic acids is 4. The molecule has 2 heterocycles. The van der Waals surface area contributed by atoms with Crippen molar-refractivity contribution < 1.29 is 42.9 Å². The first-order valence-corrected chi connectivity index (χ1v) is 31.8. The van der Waals surface area contributed by atoms with Crippen molar-refractivity contribution in [1.82, 2.24) is 20.4 Å². The quantitative estimate of drug-likeness (QED) is 0.0287. The number of benzene rings is 6. The molecule has 2 fully saturated rings. The van der Waals surface area contributed by atoms with E-state index in [4.69, 9.17) is 23.7 Å². The summed E-state index contributed by atoms with van der Waals surface area (Å²) < 4.78 is 29.9. The number of unbranched alkanes of at least 4 members (excludes halogenated alkanes) is 1. The number of hydrogen-bond acceptors (Lipinski definition) is 11. The summed E-state index contributed by atoms with van der Waals surface area (Å²) in [6, 6.07) is 40.3. The summed E-state index contributed by atoms with van der Waals surface area (Å²) in [6.45, 7) is 23.2. The lowest BCUT2D eigenvalue weighted by molar-refractivity contribution is 0.0995. The summed E-state index contributed by atoms with van der Waals surface area (Å²) in [5.41, 5.74) is 4.74. The van der Waals surface area contributed by atoms with Crippen LogP contribution in [0.5, 0.6) is 40.2 Å². The number of methoxy groups -OCH3 is 1. The van der Waals surface area contributed by atoms with Gasteiger partial charge in [-0.1, -0.05) is 48.0 Å². The van der Waals surface area contributed by atoms with Gasteiger partial charge in [0.1, 0.15) is 34.9 Å². The zero-order valence-corrected chi connectivity index (χ0v) is 53.2. The first kappa shape index (κ1) is 67.2. The molecule has 6 N–H and O–H groups in total. The highest BCUT2D eigenvalue weighted by Crippen LogP contribution is 2.35. The van der Waals surface area contributed by atoms with Crippen molar-refractivity contribution >= 4 is 46.6 Å². The molecular weight excluding hydrogens is 1110 g/mol. The van der Waals surface area contributed by atoms with Crippen molar-refractivity contribution in [2.45, 2.75) is 150 Å². The molecule has 0 atom stereocenters. The number of hydrogen-bond donors (Lipinski definition) is 6. The number of aryl methyl sites for hydroxylation is 1. The molecule has 2 saturated heterocycles. The van der Waals surface area contributed by atoms with Crippen molar-refractivity contribution in [2.24, 2.45) is 5.92 Å². The molecule has 472 valence electrons. The number of nitrogens with one attached hydrogen (secondary N) is 6. The Labute approximate surface area is 522 Å². The number of carbonyl (C=O) groups is 4. The average Bonchev–Trinajstić information content (AvgIpc) is 3.74. The van der Waals surface area contributed by atoms with Crippen molar-refractivity contribution in [3.05, 3.63) is 150 Å². The molecule has 0 saturated carbocycles. The normalized spacial score (nSPS) is 13.9. The maximum Gasteiger partial charge on any atom is 0.319 e. The smallest absolute Gasteiger partial charge is 0.319 e. The average molecular weight is 1200 g/mol. The van der Waals surface area contributed by atoms with Crippen molar-refractivity contribution in [3.63, 3.8) is 0 Å². The Hall–Kier alpha value is -8.28. The van der Waals surface area contributed by atoms with E-state index in [0.717, 1.165) is 112 Å². The molecule has 0 aromatic heterocycles. The molecule has 17 nitrogen and oxygen atoms in total. The number of rotatable bonds is 27. The van der Waals surface area contributed by atoms with Gasteiger partial charge in [0.15, 0.2) is 11.5 Å². The molecule has 6 aromatic rings. The number of piperidine rings is 2. The number of ether oxygens (including phenoxy) is 5. The van der Waals surface area contributed by atoms with Crippen molar-refractivity contribution in [3.8, 4) is 40.2 Å². The summed E-state index contributed by atoms with van der Waals surface area (Å²) in [7, 11) is 1.55. The van der Waals surface area contributed by atoms with Gasteiger partial charge in [-0.2, -0.15) is 0 Å². The topological polar surface area (TPSA) is 193 Å². The molecule has 2 aliphatic heterocycles. The largest absolute Gasteiger partial charge is 0.493 e. The van der Waals surface area contributed by atoms with E-state index in [2.05, 4.69) is 76.3 Å². The van der Waals surface area contributed by atoms with Crippen LogP contribution in [-0.4, -0.2) is 104 Å². The molecule has 0 aliphatic carbocycles. The van der Waals surface area contributed by atoms with Crippen LogP contribution in [0.25, 0.3) is 0 Å². The molecule has 0 radical (unpaired) electrons. The molecule has 0 bridgehead atoms. The lowest BCUT2D eigenvalue weighted by Gasteiger charge is -2.34. The lowest BCUT2D eigenvalue weighted by Crippen LogP contribution is -2.39. The summed E-state index contributed by atoms with van der Waals surface area (Å²) in [5, 5.41) is 17.6. The number of anilines is 4. The van der Waals surface area contributed by atoms with E-state index >= 15 is 0 Å². The van der Waals surface area contributed by atoms with Crippen molar-refractivity contribution in [1.29, 1.82) is 0 Å². The zero-order valence-electron chi connectivity index (χ0n) is 53.2. The third-order valence-electron chi connectivity index (χ3n) is 16.2. The minimum Gasteiger partial charge on any atom is -0.493 e. The lowest BCUT2D eigenvalue weighted by atomic mass is 9.97. The fourth-order valence-electron chi connectivity index (χ4n) is 10.5. The van der Waals surface area contributed by atoms with Gasteiger partial charge in [0.05, 0.1) is 13.7 Å². The number of urea groups is 2. The van der Waals surface area contributed by atoms with Crippen LogP contribution in [-0.2, 0) is 6.42 Å². The van der Waals surface area contributed by atoms with Crippen LogP contribution in [0.1, 0.15) is 146 Å². The molecule has 8 rings (SSSR count). The molecule has 88 heavy (non-hydrogen) atoms. The second kappa shape index (κ2) is 34.9. The third-order valence-corrected chi connectivity index (χ3v) is 16.2. The Morgan fingerprint density at radius 3 is 1.45 bits per heavy atom. The molecule has 6 aromatic carbocycles. The first-order chi connectivity index (χ1) is 42.7. The van der Waals surface area contributed by atoms with Gasteiger partial charge in [0, 0.05) is 71.2 Å². The highest BCUT2D eigenvalue weighted by Gasteiger charge is 2.23. The second-order valence-electron chi connectivity index (χ2n) is 22.9. The van der Waals surface area contributed by atoms with E-state index in [9.17, 15) is 19.2 Å². The minimum atomic E-state index is -0.260. The number of nitrogens with zero attached hydrogens (tertiary/aromatic N) is 2. The maximum absolute atomic E-state index is 12.9. The van der Waals surface area contributed by atoms with E-state index in [-0.39, 0.29) is 42.1 Å². The maximum atomic E-state index is 12.9. The molecule has 17 heteroatoms. The fourth-order valence-corrected chi connectivity index (χ4v) is 10.5. The van der Waals surface area contributed by atoms with Gasteiger partial charge in [0.25, 0.3) is 11.8 Å². The Morgan fingerprint density at radius 1 is 0.511 bits per heavy atom. The van der Waals surface area contributed by atoms with E-state index < -0.39 is 0 Å². The predicted molar refractivity (Wildman–Crippen MR) is 354 cm³/mol. The Bertz CT molecular complexity index is 3100. The van der Waals surface area contributed by atoms with Gasteiger partial charge in [-0.3, -0.25) is 9.59 Å². The van der Waals surface area contributed by atoms with Gasteiger partial charge in [-0.25, -0.2) is 9.59 Å². The molecule has 6 amide bonds. The molecular formula is C71H94N8O9. The molecule has 0 spiro atoms. The van der Waals surface area contributed by atoms with Crippen LogP contribution in [0.15, 0.2) is 133 Å². The zero-order chi connectivity index (χ0) is 62.8. The summed E-state index contributed by atoms with van der Waals surface area (Å²) in [4.78, 5) is 55.4. The van der Waals surface area contributed by atoms with E-state index in [1.165, 1.54) is 19.4 Å². The van der Waals surface area contributed by atoms with E-state index in [1.807, 2.05) is 87.5 Å². The van der Waals surface area contributed by atoms with Crippen LogP contribution in [0, 0.1) is 5.92 Å². The van der Waals surface area contributed by atoms with E-state index in [0.29, 0.717) is 69.8 Å². The summed E-state index contributed by atoms with van der Waals surface area (Å²) >= 11 is 0. The number of likely N-dealkylation sites (tertiary alicyclic amines) is 2. The fraction of sp³-hybridized carbons (Fsp3) is 0.437. The monoisotopic (exact) mass is 1200 g/mol. The van der Waals surface area contributed by atoms with Crippen LogP contribution < -0.4 is 55.6 Å². The van der Waals surface area contributed by atoms with Gasteiger partial charge < -0.3 is 65.4 Å². The SMILES string of the molecule is CCC(CC)NC(=O)Nc1ccc(Oc2ccc(NC(=O)c3ccc(OCC4CCN(C(C)C)CC4)cc3)cc2)c(OC)c1.CCCCN1CCC(Oc2ccc(C(=O)Nc3ccc(Oc4ccc(NC(=O)NC(CC)CC)cc4CC)cc3)cc2)CC1. The van der Waals surface area contributed by atoms with Crippen LogP contribution >= 0.6 is 0 Å². The van der Waals surface area contributed by atoms with Gasteiger partial charge in [-0.15, -0.1) is 0 Å². The van der Waals surface area contributed by atoms with E-state index in [1.54, 1.807) is 73.8 Å². The Balaban J connectivity index is 0.000000251. The van der Waals surface area contributed by atoms with Crippen LogP contribution in [0.2, 0.25) is 0 Å². The second-order valence-corrected chi connectivity index (χ2v) is 22.9. The Kier molecular flexibility index (Phi) is 26.7.